The van der Waals surface area contributed by atoms with Crippen molar-refractivity contribution >= 4 is 11.8 Å². The first-order valence-electron chi connectivity index (χ1n) is 17.4. The van der Waals surface area contributed by atoms with Crippen molar-refractivity contribution in [3.63, 3.8) is 0 Å². The molecule has 0 radical (unpaired) electrons. The van der Waals surface area contributed by atoms with E-state index in [2.05, 4.69) is 24.5 Å². The van der Waals surface area contributed by atoms with Gasteiger partial charge >= 0.3 is 0 Å². The number of nitrogens with one attached hydrogen (secondary N) is 2. The molecule has 2 unspecified atom stereocenters. The Morgan fingerprint density at radius 1 is 0.450 bits per heavy atom. The van der Waals surface area contributed by atoms with Crippen LogP contribution in [0.3, 0.4) is 0 Å². The molecule has 0 aliphatic heterocycles. The van der Waals surface area contributed by atoms with E-state index in [1.54, 1.807) is 0 Å². The smallest absolute Gasteiger partial charge is 0.219 e. The van der Waals surface area contributed by atoms with Gasteiger partial charge in [0.05, 0.1) is 12.2 Å². The predicted molar refractivity (Wildman–Crippen MR) is 169 cm³/mol. The molecule has 238 valence electrons. The number of hydrogen-bond donors (Lipinski definition) is 4. The van der Waals surface area contributed by atoms with Crippen LogP contribution < -0.4 is 10.6 Å². The van der Waals surface area contributed by atoms with Gasteiger partial charge in [-0.25, -0.2) is 0 Å². The summed E-state index contributed by atoms with van der Waals surface area (Å²) in [6, 6.07) is 0. The Bertz CT molecular complexity index is 510. The van der Waals surface area contributed by atoms with Crippen LogP contribution in [0.5, 0.6) is 0 Å². The molecule has 0 fully saturated rings. The molecule has 0 saturated carbocycles. The van der Waals surface area contributed by atoms with Gasteiger partial charge in [-0.05, 0) is 51.4 Å². The summed E-state index contributed by atoms with van der Waals surface area (Å²) < 4.78 is 0. The molecule has 2 amide bonds. The van der Waals surface area contributed by atoms with Crippen LogP contribution in [0, 0.1) is 0 Å². The Hall–Kier alpha value is -1.14. The third-order valence-corrected chi connectivity index (χ3v) is 7.87. The highest BCUT2D eigenvalue weighted by Crippen LogP contribution is 2.13. The molecule has 0 aliphatic carbocycles. The number of hydrogen-bond acceptors (Lipinski definition) is 4. The lowest BCUT2D eigenvalue weighted by Crippen LogP contribution is -2.24. The monoisotopic (exact) mass is 569 g/mol. The summed E-state index contributed by atoms with van der Waals surface area (Å²) in [6.07, 6.45) is 27.4. The second-order valence-electron chi connectivity index (χ2n) is 12.0. The highest BCUT2D eigenvalue weighted by atomic mass is 16.3. The zero-order valence-electron chi connectivity index (χ0n) is 26.7. The SMILES string of the molecule is CCCC(O)CCCCCCCCCC(=O)NCCCCCCNC(=O)CCCCCCCCCC(O)CCC. The van der Waals surface area contributed by atoms with Gasteiger partial charge in [0, 0.05) is 25.9 Å². The van der Waals surface area contributed by atoms with Crippen LogP contribution >= 0.6 is 0 Å². The van der Waals surface area contributed by atoms with Gasteiger partial charge in [-0.1, -0.05) is 117 Å². The second-order valence-corrected chi connectivity index (χ2v) is 12.0. The largest absolute Gasteiger partial charge is 0.393 e. The van der Waals surface area contributed by atoms with Crippen LogP contribution in [-0.4, -0.2) is 47.3 Å². The van der Waals surface area contributed by atoms with Gasteiger partial charge in [-0.2, -0.15) is 0 Å². The lowest BCUT2D eigenvalue weighted by Gasteiger charge is -2.08. The first-order valence-corrected chi connectivity index (χ1v) is 17.4. The molecule has 0 aromatic heterocycles. The van der Waals surface area contributed by atoms with E-state index in [0.29, 0.717) is 12.8 Å². The molecule has 2 atom stereocenters. The van der Waals surface area contributed by atoms with Gasteiger partial charge in [-0.15, -0.1) is 0 Å². The van der Waals surface area contributed by atoms with Crippen molar-refractivity contribution in [3.05, 3.63) is 0 Å². The van der Waals surface area contributed by atoms with Crippen LogP contribution in [0.15, 0.2) is 0 Å². The van der Waals surface area contributed by atoms with Gasteiger partial charge < -0.3 is 20.8 Å². The number of carbonyl (C=O) groups excluding carboxylic acids is 2. The molecule has 0 aliphatic rings. The molecule has 6 nitrogen and oxygen atoms in total. The van der Waals surface area contributed by atoms with Gasteiger partial charge in [0.2, 0.25) is 11.8 Å². The quantitative estimate of drug-likeness (QED) is 0.0635. The van der Waals surface area contributed by atoms with Gasteiger partial charge in [0.1, 0.15) is 0 Å². The van der Waals surface area contributed by atoms with Crippen molar-refractivity contribution in [2.24, 2.45) is 0 Å². The van der Waals surface area contributed by atoms with E-state index in [-0.39, 0.29) is 24.0 Å². The maximum absolute atomic E-state index is 12.0. The Kier molecular flexibility index (Phi) is 29.9. The minimum Gasteiger partial charge on any atom is -0.393 e. The van der Waals surface area contributed by atoms with Crippen LogP contribution in [0.25, 0.3) is 0 Å². The van der Waals surface area contributed by atoms with E-state index in [9.17, 15) is 19.8 Å². The highest BCUT2D eigenvalue weighted by Gasteiger charge is 2.04. The van der Waals surface area contributed by atoms with Crippen LogP contribution in [0.4, 0.5) is 0 Å². The summed E-state index contributed by atoms with van der Waals surface area (Å²) in [6.45, 7) is 5.75. The Labute approximate surface area is 248 Å². The zero-order valence-corrected chi connectivity index (χ0v) is 26.7. The standard InChI is InChI=1S/C34H68N2O4/c1-3-23-31(37)25-17-11-7-5-9-13-19-27-33(39)35-29-21-15-16-22-30-36-34(40)28-20-14-10-6-8-12-18-26-32(38)24-4-2/h31-32,37-38H,3-30H2,1-2H3,(H,35,39)(H,36,40). The second kappa shape index (κ2) is 30.8. The molecule has 0 heterocycles. The summed E-state index contributed by atoms with van der Waals surface area (Å²) in [7, 11) is 0. The molecular formula is C34H68N2O4. The first kappa shape index (κ1) is 38.9. The van der Waals surface area contributed by atoms with E-state index in [1.165, 1.54) is 51.4 Å². The fourth-order valence-corrected chi connectivity index (χ4v) is 5.29. The molecule has 0 aromatic rings. The maximum Gasteiger partial charge on any atom is 0.219 e. The van der Waals surface area contributed by atoms with E-state index >= 15 is 0 Å². The minimum atomic E-state index is -0.107. The van der Waals surface area contributed by atoms with Gasteiger partial charge in [-0.3, -0.25) is 9.59 Å². The minimum absolute atomic E-state index is 0.107. The molecule has 0 aromatic carbocycles. The van der Waals surface area contributed by atoms with Crippen molar-refractivity contribution in [2.45, 2.75) is 193 Å². The average Bonchev–Trinajstić information content (AvgIpc) is 2.92. The number of rotatable bonds is 31. The fraction of sp³-hybridized carbons (Fsp3) is 0.941. The number of unbranched alkanes of at least 4 members (excludes halogenated alkanes) is 15. The lowest BCUT2D eigenvalue weighted by molar-refractivity contribution is -0.122. The van der Waals surface area contributed by atoms with Crippen LogP contribution in [0.2, 0.25) is 0 Å². The number of carbonyl (C=O) groups is 2. The lowest BCUT2D eigenvalue weighted by atomic mass is 10.0. The van der Waals surface area contributed by atoms with E-state index in [0.717, 1.165) is 116 Å². The summed E-state index contributed by atoms with van der Waals surface area (Å²) >= 11 is 0. The summed E-state index contributed by atoms with van der Waals surface area (Å²) in [5.41, 5.74) is 0. The summed E-state index contributed by atoms with van der Waals surface area (Å²) in [5, 5.41) is 25.6. The van der Waals surface area contributed by atoms with Crippen LogP contribution in [-0.2, 0) is 9.59 Å². The van der Waals surface area contributed by atoms with E-state index < -0.39 is 0 Å². The summed E-state index contributed by atoms with van der Waals surface area (Å²) in [4.78, 5) is 24.0. The van der Waals surface area contributed by atoms with Gasteiger partial charge in [0.15, 0.2) is 0 Å². The molecule has 6 heteroatoms. The van der Waals surface area contributed by atoms with E-state index in [1.807, 2.05) is 0 Å². The third-order valence-electron chi connectivity index (χ3n) is 7.87. The van der Waals surface area contributed by atoms with Crippen LogP contribution in [0.1, 0.15) is 181 Å². The molecule has 0 spiro atoms. The third kappa shape index (κ3) is 29.8. The predicted octanol–water partition coefficient (Wildman–Crippen LogP) is 8.12. The Balaban J connectivity index is 3.31. The topological polar surface area (TPSA) is 98.7 Å². The van der Waals surface area contributed by atoms with Gasteiger partial charge in [0.25, 0.3) is 0 Å². The molecular weight excluding hydrogens is 500 g/mol. The van der Waals surface area contributed by atoms with Crippen molar-refractivity contribution < 1.29 is 19.8 Å². The zero-order chi connectivity index (χ0) is 29.5. The molecule has 0 bridgehead atoms. The number of aliphatic hydroxyl groups is 2. The van der Waals surface area contributed by atoms with Crippen molar-refractivity contribution in [1.82, 2.24) is 10.6 Å². The Morgan fingerprint density at radius 2 is 0.750 bits per heavy atom. The van der Waals surface area contributed by atoms with E-state index in [4.69, 9.17) is 0 Å². The first-order chi connectivity index (χ1) is 19.5. The highest BCUT2D eigenvalue weighted by molar-refractivity contribution is 5.76. The molecule has 0 saturated heterocycles. The molecule has 0 rings (SSSR count). The van der Waals surface area contributed by atoms with Crippen molar-refractivity contribution in [2.75, 3.05) is 13.1 Å². The van der Waals surface area contributed by atoms with Crippen molar-refractivity contribution in [1.29, 1.82) is 0 Å². The fourth-order valence-electron chi connectivity index (χ4n) is 5.29. The number of aliphatic hydroxyl groups excluding tert-OH is 2. The maximum atomic E-state index is 12.0. The number of amides is 2. The molecule has 40 heavy (non-hydrogen) atoms. The normalized spacial score (nSPS) is 12.8. The Morgan fingerprint density at radius 3 is 1.10 bits per heavy atom. The molecule has 4 N–H and O–H groups in total. The summed E-state index contributed by atoms with van der Waals surface area (Å²) in [5.74, 6) is 0.360. The average molecular weight is 569 g/mol. The van der Waals surface area contributed by atoms with Crippen molar-refractivity contribution in [3.8, 4) is 0 Å².